The third kappa shape index (κ3) is 1.86. The number of aryl methyl sites for hydroxylation is 1. The van der Waals surface area contributed by atoms with Gasteiger partial charge in [0.25, 0.3) is 0 Å². The lowest BCUT2D eigenvalue weighted by Gasteiger charge is -2.12. The Balaban J connectivity index is 2.81. The molecular formula is C15H25N3. The fourth-order valence-corrected chi connectivity index (χ4v) is 2.73. The normalized spacial score (nSPS) is 12.6. The van der Waals surface area contributed by atoms with Gasteiger partial charge in [-0.05, 0) is 29.4 Å². The van der Waals surface area contributed by atoms with Gasteiger partial charge in [-0.3, -0.25) is 0 Å². The summed E-state index contributed by atoms with van der Waals surface area (Å²) < 4.78 is 2.29. The molecule has 0 aromatic carbocycles. The van der Waals surface area contributed by atoms with Gasteiger partial charge in [0.05, 0.1) is 11.2 Å². The summed E-state index contributed by atoms with van der Waals surface area (Å²) in [6.07, 6.45) is 0. The zero-order valence-electron chi connectivity index (χ0n) is 12.7. The second kappa shape index (κ2) is 4.45. The van der Waals surface area contributed by atoms with Gasteiger partial charge >= 0.3 is 0 Å². The van der Waals surface area contributed by atoms with Crippen LogP contribution in [-0.2, 0) is 7.05 Å². The van der Waals surface area contributed by atoms with Gasteiger partial charge in [0, 0.05) is 12.7 Å². The molecule has 100 valence electrons. The molecule has 0 radical (unpaired) electrons. The van der Waals surface area contributed by atoms with Gasteiger partial charge in [0.15, 0.2) is 0 Å². The highest BCUT2D eigenvalue weighted by molar-refractivity contribution is 5.59. The van der Waals surface area contributed by atoms with Crippen LogP contribution >= 0.6 is 0 Å². The number of aromatic nitrogens is 3. The smallest absolute Gasteiger partial charge is 0.0907 e. The van der Waals surface area contributed by atoms with E-state index in [4.69, 9.17) is 0 Å². The summed E-state index contributed by atoms with van der Waals surface area (Å²) in [4.78, 5) is 1.99. The molecule has 2 aromatic rings. The van der Waals surface area contributed by atoms with Crippen LogP contribution in [0.15, 0.2) is 6.07 Å². The zero-order chi connectivity index (χ0) is 13.6. The number of nitrogens with zero attached hydrogens (tertiary/aromatic N) is 3. The first kappa shape index (κ1) is 13.2. The van der Waals surface area contributed by atoms with Crippen LogP contribution in [0.3, 0.4) is 0 Å². The van der Waals surface area contributed by atoms with Crippen molar-refractivity contribution in [3.05, 3.63) is 23.0 Å². The second-order valence-corrected chi connectivity index (χ2v) is 6.12. The molecule has 0 aliphatic carbocycles. The molecule has 0 aliphatic heterocycles. The lowest BCUT2D eigenvalue weighted by molar-refractivity contribution is 0.563. The first-order chi connectivity index (χ1) is 8.34. The molecule has 0 unspecified atom stereocenters. The molecule has 18 heavy (non-hydrogen) atoms. The van der Waals surface area contributed by atoms with E-state index in [-0.39, 0.29) is 0 Å². The lowest BCUT2D eigenvalue weighted by atomic mass is 9.97. The molecule has 3 nitrogen and oxygen atoms in total. The van der Waals surface area contributed by atoms with Crippen molar-refractivity contribution < 1.29 is 0 Å². The van der Waals surface area contributed by atoms with Crippen LogP contribution in [0.5, 0.6) is 0 Å². The van der Waals surface area contributed by atoms with Gasteiger partial charge in [-0.15, -0.1) is 0 Å². The summed E-state index contributed by atoms with van der Waals surface area (Å²) in [5, 5.41) is 4.67. The summed E-state index contributed by atoms with van der Waals surface area (Å²) in [7, 11) is 2.04. The van der Waals surface area contributed by atoms with Crippen molar-refractivity contribution in [1.82, 2.24) is 14.4 Å². The molecule has 2 heterocycles. The van der Waals surface area contributed by atoms with Crippen molar-refractivity contribution in [3.63, 3.8) is 0 Å². The average Bonchev–Trinajstić information content (AvgIpc) is 2.76. The highest BCUT2D eigenvalue weighted by Crippen LogP contribution is 2.32. The van der Waals surface area contributed by atoms with E-state index in [1.165, 1.54) is 22.5 Å². The van der Waals surface area contributed by atoms with E-state index < -0.39 is 0 Å². The van der Waals surface area contributed by atoms with Gasteiger partial charge in [-0.25, -0.2) is 9.31 Å². The van der Waals surface area contributed by atoms with E-state index in [2.05, 4.69) is 57.2 Å². The average molecular weight is 247 g/mol. The van der Waals surface area contributed by atoms with E-state index in [1.54, 1.807) is 0 Å². The van der Waals surface area contributed by atoms with E-state index in [0.29, 0.717) is 17.8 Å². The Bertz CT molecular complexity index is 556. The predicted molar refractivity (Wildman–Crippen MR) is 76.4 cm³/mol. The molecule has 0 fully saturated rings. The van der Waals surface area contributed by atoms with Gasteiger partial charge in [0.1, 0.15) is 0 Å². The number of hydrogen-bond acceptors (Lipinski definition) is 1. The van der Waals surface area contributed by atoms with Crippen LogP contribution in [0.25, 0.3) is 5.52 Å². The van der Waals surface area contributed by atoms with Crippen molar-refractivity contribution >= 4 is 5.52 Å². The fourth-order valence-electron chi connectivity index (χ4n) is 2.73. The maximum atomic E-state index is 4.67. The third-order valence-electron chi connectivity index (χ3n) is 3.56. The van der Waals surface area contributed by atoms with E-state index in [9.17, 15) is 0 Å². The van der Waals surface area contributed by atoms with E-state index >= 15 is 0 Å². The largest absolute Gasteiger partial charge is 0.240 e. The fraction of sp³-hybridized carbons (Fsp3) is 0.667. The van der Waals surface area contributed by atoms with Crippen molar-refractivity contribution in [2.24, 2.45) is 7.05 Å². The van der Waals surface area contributed by atoms with Crippen LogP contribution in [-0.4, -0.2) is 14.4 Å². The summed E-state index contributed by atoms with van der Waals surface area (Å²) in [6.45, 7) is 13.5. The molecule has 0 N–H and O–H groups in total. The molecule has 0 saturated carbocycles. The Hall–Kier alpha value is -1.25. The highest BCUT2D eigenvalue weighted by Gasteiger charge is 2.22. The van der Waals surface area contributed by atoms with Gasteiger partial charge in [-0.1, -0.05) is 41.5 Å². The zero-order valence-corrected chi connectivity index (χ0v) is 12.7. The Morgan fingerprint density at radius 2 is 1.56 bits per heavy atom. The maximum Gasteiger partial charge on any atom is 0.0907 e. The summed E-state index contributed by atoms with van der Waals surface area (Å²) in [5.41, 5.74) is 5.34. The summed E-state index contributed by atoms with van der Waals surface area (Å²) in [5.74, 6) is 1.53. The Labute approximate surface area is 110 Å². The van der Waals surface area contributed by atoms with Crippen LogP contribution in [0.4, 0.5) is 0 Å². The van der Waals surface area contributed by atoms with Gasteiger partial charge in [0.2, 0.25) is 0 Å². The highest BCUT2D eigenvalue weighted by atomic mass is 15.5. The molecule has 0 saturated heterocycles. The first-order valence-corrected chi connectivity index (χ1v) is 6.93. The molecule has 0 aliphatic rings. The molecule has 0 spiro atoms. The van der Waals surface area contributed by atoms with Gasteiger partial charge in [-0.2, -0.15) is 5.10 Å². The minimum Gasteiger partial charge on any atom is -0.240 e. The minimum atomic E-state index is 0.462. The van der Waals surface area contributed by atoms with E-state index in [1.807, 2.05) is 11.8 Å². The van der Waals surface area contributed by atoms with Crippen molar-refractivity contribution in [1.29, 1.82) is 0 Å². The molecular weight excluding hydrogens is 222 g/mol. The Kier molecular flexibility index (Phi) is 3.26. The van der Waals surface area contributed by atoms with Crippen LogP contribution in [0.1, 0.15) is 76.2 Å². The Morgan fingerprint density at radius 3 is 2.00 bits per heavy atom. The number of hydrogen-bond donors (Lipinski definition) is 0. The Morgan fingerprint density at radius 1 is 0.944 bits per heavy atom. The summed E-state index contributed by atoms with van der Waals surface area (Å²) in [6, 6.07) is 2.34. The quantitative estimate of drug-likeness (QED) is 0.802. The van der Waals surface area contributed by atoms with Crippen LogP contribution < -0.4 is 0 Å². The number of rotatable bonds is 3. The maximum absolute atomic E-state index is 4.67. The minimum absolute atomic E-state index is 0.462. The van der Waals surface area contributed by atoms with Gasteiger partial charge < -0.3 is 0 Å². The SMILES string of the molecule is CC(C)c1cc2c(C(C)C)nn(C)n2c1C(C)C. The van der Waals surface area contributed by atoms with Crippen molar-refractivity contribution in [2.45, 2.75) is 59.3 Å². The monoisotopic (exact) mass is 247 g/mol. The third-order valence-corrected chi connectivity index (χ3v) is 3.56. The van der Waals surface area contributed by atoms with Crippen molar-refractivity contribution in [3.8, 4) is 0 Å². The first-order valence-electron chi connectivity index (χ1n) is 6.93. The lowest BCUT2D eigenvalue weighted by Crippen LogP contribution is -2.08. The van der Waals surface area contributed by atoms with Crippen LogP contribution in [0.2, 0.25) is 0 Å². The summed E-state index contributed by atoms with van der Waals surface area (Å²) >= 11 is 0. The van der Waals surface area contributed by atoms with E-state index in [0.717, 1.165) is 0 Å². The number of fused-ring (bicyclic) bond motifs is 1. The van der Waals surface area contributed by atoms with Crippen LogP contribution in [0, 0.1) is 0 Å². The molecule has 0 atom stereocenters. The second-order valence-electron chi connectivity index (χ2n) is 6.12. The topological polar surface area (TPSA) is 22.2 Å². The molecule has 3 heteroatoms. The van der Waals surface area contributed by atoms with Crippen molar-refractivity contribution in [2.75, 3.05) is 0 Å². The predicted octanol–water partition coefficient (Wildman–Crippen LogP) is 4.04. The molecule has 0 bridgehead atoms. The molecule has 2 rings (SSSR count). The molecule has 0 amide bonds. The standard InChI is InChI=1S/C15H25N3/c1-9(2)12-8-13-14(10(3)4)16-17(7)18(13)15(12)11(5)6/h8-11H,1-7H3. The molecule has 2 aromatic heterocycles.